The molecule has 1 aromatic heterocycles. The number of carbonyl (C=O) groups excluding carboxylic acids is 1. The first-order chi connectivity index (χ1) is 12.8. The molecular weight excluding hydrogens is 451 g/mol. The van der Waals surface area contributed by atoms with Crippen LogP contribution in [0.2, 0.25) is 10.0 Å². The Balaban J connectivity index is 2.02. The minimum Gasteiger partial charge on any atom is -0.363 e. The van der Waals surface area contributed by atoms with Gasteiger partial charge in [0.1, 0.15) is 5.82 Å². The van der Waals surface area contributed by atoms with Crippen LogP contribution in [-0.2, 0) is 5.72 Å². The Labute approximate surface area is 174 Å². The lowest BCUT2D eigenvalue weighted by Gasteiger charge is -2.34. The third-order valence-electron chi connectivity index (χ3n) is 4.59. The van der Waals surface area contributed by atoms with Crippen LogP contribution in [0.5, 0.6) is 0 Å². The van der Waals surface area contributed by atoms with Crippen LogP contribution in [0.1, 0.15) is 27.0 Å². The van der Waals surface area contributed by atoms with Gasteiger partial charge in [0.25, 0.3) is 5.91 Å². The van der Waals surface area contributed by atoms with Crippen LogP contribution in [0.3, 0.4) is 0 Å². The molecule has 0 saturated carbocycles. The van der Waals surface area contributed by atoms with Crippen LogP contribution in [0.15, 0.2) is 59.2 Å². The number of hydrogen-bond donors (Lipinski definition) is 1. The van der Waals surface area contributed by atoms with Crippen LogP contribution in [0, 0.1) is 6.92 Å². The number of aromatic nitrogens is 1. The molecule has 1 unspecified atom stereocenters. The number of aliphatic hydroxyl groups is 1. The van der Waals surface area contributed by atoms with Gasteiger partial charge in [0.2, 0.25) is 0 Å². The van der Waals surface area contributed by atoms with E-state index in [1.54, 1.807) is 42.5 Å². The number of amides is 1. The smallest absolute Gasteiger partial charge is 0.262 e. The summed E-state index contributed by atoms with van der Waals surface area (Å²) in [4.78, 5) is 18.8. The summed E-state index contributed by atoms with van der Waals surface area (Å²) in [5, 5.41) is 12.9. The third kappa shape index (κ3) is 2.86. The fourth-order valence-electron chi connectivity index (χ4n) is 3.48. The highest BCUT2D eigenvalue weighted by atomic mass is 79.9. The second kappa shape index (κ2) is 6.60. The van der Waals surface area contributed by atoms with E-state index in [0.29, 0.717) is 32.6 Å². The standard InChI is InChI=1S/C20H13BrCl2N2O2/c1-11-8-13(21)9-16-18(11)20(27,12-2-4-14(22)5-3-12)25(19(16)26)17-7-6-15(23)10-24-17/h2-10,27H,1H3. The number of aryl methyl sites for hydroxylation is 1. The second-order valence-corrected chi connectivity index (χ2v) is 8.09. The van der Waals surface area contributed by atoms with E-state index in [0.717, 1.165) is 10.0 Å². The number of carbonyl (C=O) groups is 1. The molecule has 7 heteroatoms. The van der Waals surface area contributed by atoms with Gasteiger partial charge in [0.05, 0.1) is 5.02 Å². The first kappa shape index (κ1) is 18.4. The lowest BCUT2D eigenvalue weighted by Crippen LogP contribution is -2.45. The first-order valence-corrected chi connectivity index (χ1v) is 9.62. The van der Waals surface area contributed by atoms with Crippen LogP contribution < -0.4 is 4.90 Å². The summed E-state index contributed by atoms with van der Waals surface area (Å²) < 4.78 is 0.761. The molecule has 27 heavy (non-hydrogen) atoms. The second-order valence-electron chi connectivity index (χ2n) is 6.30. The summed E-state index contributed by atoms with van der Waals surface area (Å²) >= 11 is 15.4. The Morgan fingerprint density at radius 3 is 2.37 bits per heavy atom. The molecule has 3 aromatic rings. The van der Waals surface area contributed by atoms with E-state index in [2.05, 4.69) is 20.9 Å². The van der Waals surface area contributed by atoms with Crippen molar-refractivity contribution in [3.05, 3.63) is 91.5 Å². The molecule has 0 aliphatic carbocycles. The van der Waals surface area contributed by atoms with Gasteiger partial charge in [0, 0.05) is 32.4 Å². The van der Waals surface area contributed by atoms with Crippen molar-refractivity contribution in [2.45, 2.75) is 12.6 Å². The molecule has 2 heterocycles. The zero-order valence-electron chi connectivity index (χ0n) is 14.1. The topological polar surface area (TPSA) is 53.4 Å². The zero-order valence-corrected chi connectivity index (χ0v) is 17.2. The minimum absolute atomic E-state index is 0.300. The van der Waals surface area contributed by atoms with Gasteiger partial charge in [-0.25, -0.2) is 4.98 Å². The molecule has 0 saturated heterocycles. The van der Waals surface area contributed by atoms with E-state index < -0.39 is 5.72 Å². The number of hydrogen-bond acceptors (Lipinski definition) is 3. The molecule has 1 amide bonds. The van der Waals surface area contributed by atoms with Crippen LogP contribution >= 0.6 is 39.1 Å². The van der Waals surface area contributed by atoms with Gasteiger partial charge in [-0.05, 0) is 48.9 Å². The van der Waals surface area contributed by atoms with Crippen molar-refractivity contribution in [1.29, 1.82) is 0 Å². The fraction of sp³-hybridized carbons (Fsp3) is 0.100. The molecular formula is C20H13BrCl2N2O2. The van der Waals surface area contributed by atoms with E-state index in [9.17, 15) is 9.90 Å². The molecule has 4 rings (SSSR count). The Kier molecular flexibility index (Phi) is 4.51. The Hall–Kier alpha value is -1.92. The molecule has 1 aliphatic rings. The molecule has 0 spiro atoms. The van der Waals surface area contributed by atoms with Crippen molar-refractivity contribution in [1.82, 2.24) is 4.98 Å². The predicted molar refractivity (Wildman–Crippen MR) is 109 cm³/mol. The lowest BCUT2D eigenvalue weighted by atomic mass is 9.90. The number of nitrogens with zero attached hydrogens (tertiary/aromatic N) is 2. The summed E-state index contributed by atoms with van der Waals surface area (Å²) in [6.45, 7) is 1.86. The Bertz CT molecular complexity index is 1050. The largest absolute Gasteiger partial charge is 0.363 e. The van der Waals surface area contributed by atoms with Crippen molar-refractivity contribution in [3.8, 4) is 0 Å². The predicted octanol–water partition coefficient (Wildman–Crippen LogP) is 5.31. The minimum atomic E-state index is -1.72. The molecule has 4 nitrogen and oxygen atoms in total. The molecule has 0 bridgehead atoms. The first-order valence-electron chi connectivity index (χ1n) is 8.07. The van der Waals surface area contributed by atoms with Gasteiger partial charge < -0.3 is 5.11 Å². The van der Waals surface area contributed by atoms with Crippen LogP contribution in [0.4, 0.5) is 5.82 Å². The van der Waals surface area contributed by atoms with Gasteiger partial charge in [-0.2, -0.15) is 0 Å². The van der Waals surface area contributed by atoms with Crippen LogP contribution in [-0.4, -0.2) is 16.0 Å². The Morgan fingerprint density at radius 1 is 1.07 bits per heavy atom. The molecule has 1 aliphatic heterocycles. The summed E-state index contributed by atoms with van der Waals surface area (Å²) in [5.74, 6) is -0.0461. The number of halogens is 3. The summed E-state index contributed by atoms with van der Waals surface area (Å²) in [6.07, 6.45) is 1.44. The number of anilines is 1. The van der Waals surface area contributed by atoms with E-state index in [1.165, 1.54) is 11.1 Å². The van der Waals surface area contributed by atoms with Crippen molar-refractivity contribution < 1.29 is 9.90 Å². The third-order valence-corrected chi connectivity index (χ3v) is 5.53. The summed E-state index contributed by atoms with van der Waals surface area (Å²) in [6, 6.07) is 13.6. The number of rotatable bonds is 2. The number of benzene rings is 2. The summed E-state index contributed by atoms with van der Waals surface area (Å²) in [5.41, 5.74) is 0.511. The molecule has 1 atom stereocenters. The fourth-order valence-corrected chi connectivity index (χ4v) is 4.29. The van der Waals surface area contributed by atoms with Crippen molar-refractivity contribution in [2.24, 2.45) is 0 Å². The van der Waals surface area contributed by atoms with Crippen molar-refractivity contribution >= 4 is 50.9 Å². The van der Waals surface area contributed by atoms with Gasteiger partial charge in [0.15, 0.2) is 5.72 Å². The quantitative estimate of drug-likeness (QED) is 0.560. The highest BCUT2D eigenvalue weighted by molar-refractivity contribution is 9.10. The molecule has 0 fully saturated rings. The monoisotopic (exact) mass is 462 g/mol. The normalized spacial score (nSPS) is 18.7. The van der Waals surface area contributed by atoms with Gasteiger partial charge >= 0.3 is 0 Å². The zero-order chi connectivity index (χ0) is 19.3. The van der Waals surface area contributed by atoms with E-state index in [1.807, 2.05) is 13.0 Å². The molecule has 0 radical (unpaired) electrons. The van der Waals surface area contributed by atoms with Crippen LogP contribution in [0.25, 0.3) is 0 Å². The lowest BCUT2D eigenvalue weighted by molar-refractivity contribution is 0.0695. The number of fused-ring (bicyclic) bond motifs is 1. The van der Waals surface area contributed by atoms with Gasteiger partial charge in [-0.3, -0.25) is 9.69 Å². The maximum atomic E-state index is 13.3. The van der Waals surface area contributed by atoms with Crippen molar-refractivity contribution in [2.75, 3.05) is 4.90 Å². The highest BCUT2D eigenvalue weighted by Gasteiger charge is 2.52. The maximum Gasteiger partial charge on any atom is 0.262 e. The molecule has 2 aromatic carbocycles. The summed E-state index contributed by atoms with van der Waals surface area (Å²) in [7, 11) is 0. The molecule has 1 N–H and O–H groups in total. The van der Waals surface area contributed by atoms with Gasteiger partial charge in [-0.15, -0.1) is 0 Å². The average molecular weight is 464 g/mol. The maximum absolute atomic E-state index is 13.3. The highest BCUT2D eigenvalue weighted by Crippen LogP contribution is 2.46. The molecule has 136 valence electrons. The van der Waals surface area contributed by atoms with Gasteiger partial charge in [-0.1, -0.05) is 51.3 Å². The van der Waals surface area contributed by atoms with E-state index >= 15 is 0 Å². The SMILES string of the molecule is Cc1cc(Br)cc2c1C(O)(c1ccc(Cl)cc1)N(c1ccc(Cl)cn1)C2=O. The average Bonchev–Trinajstić information content (AvgIpc) is 2.85. The van der Waals surface area contributed by atoms with E-state index in [4.69, 9.17) is 23.2 Å². The van der Waals surface area contributed by atoms with Crippen molar-refractivity contribution in [3.63, 3.8) is 0 Å². The Morgan fingerprint density at radius 2 is 1.74 bits per heavy atom. The van der Waals surface area contributed by atoms with E-state index in [-0.39, 0.29) is 5.91 Å². The number of pyridine rings is 1.